The van der Waals surface area contributed by atoms with Gasteiger partial charge in [-0.15, -0.1) is 4.72 Å². The van der Waals surface area contributed by atoms with E-state index in [-0.39, 0.29) is 18.0 Å². The molecule has 0 bridgehead atoms. The van der Waals surface area contributed by atoms with Crippen molar-refractivity contribution in [3.8, 4) is 0 Å². The Morgan fingerprint density at radius 2 is 2.09 bits per heavy atom. The van der Waals surface area contributed by atoms with Gasteiger partial charge in [-0.3, -0.25) is 0 Å². The first-order valence-corrected chi connectivity index (χ1v) is 9.31. The molecule has 4 nitrogen and oxygen atoms in total. The molecular formula is C16H24ClFN2O2S. The molecule has 1 heterocycles. The van der Waals surface area contributed by atoms with Gasteiger partial charge in [-0.1, -0.05) is 17.7 Å². The number of aliphatic hydroxyl groups is 1. The van der Waals surface area contributed by atoms with Crippen molar-refractivity contribution in [2.45, 2.75) is 69.0 Å². The van der Waals surface area contributed by atoms with E-state index in [1.54, 1.807) is 18.3 Å². The van der Waals surface area contributed by atoms with Crippen LogP contribution < -0.4 is 4.72 Å². The van der Waals surface area contributed by atoms with E-state index in [0.29, 0.717) is 18.4 Å². The van der Waals surface area contributed by atoms with E-state index in [2.05, 4.69) is 9.71 Å². The number of pyridine rings is 1. The Morgan fingerprint density at radius 3 is 2.61 bits per heavy atom. The Bertz CT molecular complexity index is 533. The lowest BCUT2D eigenvalue weighted by Crippen LogP contribution is -2.51. The Labute approximate surface area is 145 Å². The molecule has 1 saturated carbocycles. The monoisotopic (exact) mass is 362 g/mol. The SMILES string of the molecule is CC(C)(C)[S+]([O-])N[C@@H](c1cccnc1Cl)[C@]1(O)CC[C@H](F)CC1. The zero-order valence-electron chi connectivity index (χ0n) is 13.7. The maximum atomic E-state index is 13.5. The summed E-state index contributed by atoms with van der Waals surface area (Å²) in [5.41, 5.74) is -0.609. The fourth-order valence-corrected chi connectivity index (χ4v) is 3.87. The van der Waals surface area contributed by atoms with Crippen LogP contribution in [0.5, 0.6) is 0 Å². The molecule has 2 rings (SSSR count). The number of halogens is 2. The van der Waals surface area contributed by atoms with Crippen LogP contribution >= 0.6 is 11.6 Å². The average Bonchev–Trinajstić information content (AvgIpc) is 2.48. The van der Waals surface area contributed by atoms with Crippen molar-refractivity contribution in [3.05, 3.63) is 29.0 Å². The van der Waals surface area contributed by atoms with Crippen molar-refractivity contribution >= 4 is 23.0 Å². The van der Waals surface area contributed by atoms with Gasteiger partial charge in [-0.2, -0.15) is 0 Å². The van der Waals surface area contributed by atoms with Gasteiger partial charge in [0.1, 0.15) is 22.1 Å². The number of nitrogens with one attached hydrogen (secondary N) is 1. The van der Waals surface area contributed by atoms with Gasteiger partial charge in [0.15, 0.2) is 0 Å². The number of nitrogens with zero attached hydrogens (tertiary/aromatic N) is 1. The van der Waals surface area contributed by atoms with Gasteiger partial charge in [0, 0.05) is 23.1 Å². The summed E-state index contributed by atoms with van der Waals surface area (Å²) in [6, 6.07) is 2.82. The van der Waals surface area contributed by atoms with Crippen LogP contribution in [0.1, 0.15) is 58.1 Å². The Hall–Kier alpha value is -0.400. The molecule has 2 N–H and O–H groups in total. The summed E-state index contributed by atoms with van der Waals surface area (Å²) < 4.78 is 28.6. The molecule has 1 aromatic rings. The minimum Gasteiger partial charge on any atom is -0.598 e. The average molecular weight is 363 g/mol. The molecule has 23 heavy (non-hydrogen) atoms. The molecule has 0 saturated heterocycles. The molecule has 0 aromatic carbocycles. The maximum absolute atomic E-state index is 13.5. The van der Waals surface area contributed by atoms with Crippen molar-refractivity contribution in [2.24, 2.45) is 0 Å². The van der Waals surface area contributed by atoms with E-state index < -0.39 is 33.9 Å². The predicted molar refractivity (Wildman–Crippen MR) is 91.3 cm³/mol. The lowest BCUT2D eigenvalue weighted by molar-refractivity contribution is -0.0408. The third-order valence-electron chi connectivity index (χ3n) is 4.20. The number of rotatable bonds is 4. The first-order valence-electron chi connectivity index (χ1n) is 7.78. The lowest BCUT2D eigenvalue weighted by Gasteiger charge is -2.41. The lowest BCUT2D eigenvalue weighted by atomic mass is 9.77. The third kappa shape index (κ3) is 4.57. The molecule has 7 heteroatoms. The van der Waals surface area contributed by atoms with Crippen molar-refractivity contribution < 1.29 is 14.0 Å². The number of hydrogen-bond acceptors (Lipinski definition) is 4. The number of alkyl halides is 1. The van der Waals surface area contributed by atoms with E-state index in [4.69, 9.17) is 11.6 Å². The van der Waals surface area contributed by atoms with Gasteiger partial charge in [0.05, 0.1) is 5.60 Å². The van der Waals surface area contributed by atoms with Crippen molar-refractivity contribution in [1.29, 1.82) is 0 Å². The summed E-state index contributed by atoms with van der Waals surface area (Å²) in [6.07, 6.45) is 1.82. The molecule has 1 fully saturated rings. The zero-order valence-corrected chi connectivity index (χ0v) is 15.3. The maximum Gasteiger partial charge on any atom is 0.136 e. The highest BCUT2D eigenvalue weighted by Crippen LogP contribution is 2.41. The third-order valence-corrected chi connectivity index (χ3v) is 6.08. The molecule has 1 unspecified atom stereocenters. The van der Waals surface area contributed by atoms with Crippen LogP contribution in [-0.4, -0.2) is 31.2 Å². The van der Waals surface area contributed by atoms with Crippen molar-refractivity contribution in [2.75, 3.05) is 0 Å². The van der Waals surface area contributed by atoms with Gasteiger partial charge in [0.2, 0.25) is 0 Å². The summed E-state index contributed by atoms with van der Waals surface area (Å²) in [4.78, 5) is 4.05. The highest BCUT2D eigenvalue weighted by atomic mass is 35.5. The molecule has 1 aliphatic carbocycles. The number of aromatic nitrogens is 1. The second-order valence-electron chi connectivity index (χ2n) is 7.09. The minimum absolute atomic E-state index is 0.256. The van der Waals surface area contributed by atoms with Crippen LogP contribution in [0.2, 0.25) is 5.15 Å². The highest BCUT2D eigenvalue weighted by Gasteiger charge is 2.45. The largest absolute Gasteiger partial charge is 0.598 e. The van der Waals surface area contributed by atoms with Crippen molar-refractivity contribution in [1.82, 2.24) is 9.71 Å². The second kappa shape index (κ2) is 7.23. The smallest absolute Gasteiger partial charge is 0.136 e. The fourth-order valence-electron chi connectivity index (χ4n) is 2.73. The van der Waals surface area contributed by atoms with Crippen LogP contribution in [0.3, 0.4) is 0 Å². The topological polar surface area (TPSA) is 68.2 Å². The predicted octanol–water partition coefficient (Wildman–Crippen LogP) is 3.47. The molecular weight excluding hydrogens is 339 g/mol. The van der Waals surface area contributed by atoms with Crippen LogP contribution in [-0.2, 0) is 11.4 Å². The summed E-state index contributed by atoms with van der Waals surface area (Å²) in [5.74, 6) is 0. The Morgan fingerprint density at radius 1 is 1.48 bits per heavy atom. The van der Waals surface area contributed by atoms with Gasteiger partial charge >= 0.3 is 0 Å². The first-order chi connectivity index (χ1) is 10.6. The molecule has 1 aromatic heterocycles. The summed E-state index contributed by atoms with van der Waals surface area (Å²) in [6.45, 7) is 5.54. The molecule has 0 radical (unpaired) electrons. The van der Waals surface area contributed by atoms with Crippen LogP contribution in [0, 0.1) is 0 Å². The van der Waals surface area contributed by atoms with E-state index in [9.17, 15) is 14.0 Å². The van der Waals surface area contributed by atoms with E-state index >= 15 is 0 Å². The Kier molecular flexibility index (Phi) is 5.95. The van der Waals surface area contributed by atoms with Gasteiger partial charge in [0.25, 0.3) is 0 Å². The van der Waals surface area contributed by atoms with Crippen LogP contribution in [0.25, 0.3) is 0 Å². The quantitative estimate of drug-likeness (QED) is 0.635. The molecule has 2 atom stereocenters. The first kappa shape index (κ1) is 18.9. The summed E-state index contributed by atoms with van der Waals surface area (Å²) in [7, 11) is 0. The highest BCUT2D eigenvalue weighted by molar-refractivity contribution is 7.90. The molecule has 1 aliphatic rings. The fraction of sp³-hybridized carbons (Fsp3) is 0.688. The molecule has 130 valence electrons. The molecule has 0 spiro atoms. The molecule has 0 amide bonds. The number of hydrogen-bond donors (Lipinski definition) is 2. The van der Waals surface area contributed by atoms with Gasteiger partial charge < -0.3 is 9.66 Å². The van der Waals surface area contributed by atoms with Gasteiger partial charge in [-0.05, 0) is 52.5 Å². The summed E-state index contributed by atoms with van der Waals surface area (Å²) in [5, 5.41) is 11.3. The van der Waals surface area contributed by atoms with Gasteiger partial charge in [-0.25, -0.2) is 9.37 Å². The zero-order chi connectivity index (χ0) is 17.3. The normalized spacial score (nSPS) is 28.4. The van der Waals surface area contributed by atoms with E-state index in [1.807, 2.05) is 20.8 Å². The van der Waals surface area contributed by atoms with Crippen LogP contribution in [0.4, 0.5) is 4.39 Å². The molecule has 0 aliphatic heterocycles. The minimum atomic E-state index is -1.40. The van der Waals surface area contributed by atoms with E-state index in [0.717, 1.165) is 0 Å². The Balaban J connectivity index is 2.34. The van der Waals surface area contributed by atoms with Crippen molar-refractivity contribution in [3.63, 3.8) is 0 Å². The van der Waals surface area contributed by atoms with Crippen LogP contribution in [0.15, 0.2) is 18.3 Å². The van der Waals surface area contributed by atoms with E-state index in [1.165, 1.54) is 0 Å². The second-order valence-corrected chi connectivity index (χ2v) is 9.45. The standard InChI is InChI=1S/C16H24ClFN2O2S/c1-15(2,3)23(22)20-13(12-5-4-10-19-14(12)17)16(21)8-6-11(18)7-9-16/h4-5,10-11,13,20-21H,6-9H2,1-3H3/t11-,13-,16-,23?/m0/s1. The summed E-state index contributed by atoms with van der Waals surface area (Å²) >= 11 is 4.79.